The highest BCUT2D eigenvalue weighted by Crippen LogP contribution is 2.32. The molecule has 0 radical (unpaired) electrons. The van der Waals surface area contributed by atoms with Gasteiger partial charge in [0, 0.05) is 30.4 Å². The van der Waals surface area contributed by atoms with E-state index in [0.29, 0.717) is 13.1 Å². The van der Waals surface area contributed by atoms with Gasteiger partial charge in [0.1, 0.15) is 6.54 Å². The average molecular weight is 265 g/mol. The van der Waals surface area contributed by atoms with E-state index in [0.717, 1.165) is 31.5 Å². The molecule has 0 aromatic carbocycles. The van der Waals surface area contributed by atoms with Crippen LogP contribution in [0.15, 0.2) is 12.3 Å². The fraction of sp³-hybridized carbons (Fsp3) is 0.714. The third-order valence-electron chi connectivity index (χ3n) is 4.31. The van der Waals surface area contributed by atoms with Crippen LogP contribution in [0, 0.1) is 12.3 Å². The number of aryl methyl sites for hydroxylation is 1. The normalized spacial score (nSPS) is 23.6. The Hall–Kier alpha value is -1.36. The molecule has 5 nitrogen and oxygen atoms in total. The molecule has 2 rings (SSSR count). The third kappa shape index (κ3) is 2.97. The van der Waals surface area contributed by atoms with Crippen LogP contribution >= 0.6 is 0 Å². The second kappa shape index (κ2) is 5.74. The Morgan fingerprint density at radius 3 is 2.95 bits per heavy atom. The van der Waals surface area contributed by atoms with Gasteiger partial charge in [-0.25, -0.2) is 0 Å². The number of aliphatic hydroxyl groups is 1. The monoisotopic (exact) mass is 265 g/mol. The van der Waals surface area contributed by atoms with Crippen LogP contribution in [0.2, 0.25) is 0 Å². The summed E-state index contributed by atoms with van der Waals surface area (Å²) in [6, 6.07) is 1.90. The first-order valence-corrected chi connectivity index (χ1v) is 6.97. The van der Waals surface area contributed by atoms with Crippen LogP contribution in [-0.4, -0.2) is 45.4 Å². The SMILES string of the molecule is CCC1(CO)CCCN(C(=O)Cn2nccc2C)C1. The fourth-order valence-corrected chi connectivity index (χ4v) is 2.74. The smallest absolute Gasteiger partial charge is 0.244 e. The van der Waals surface area contributed by atoms with Gasteiger partial charge in [-0.1, -0.05) is 6.92 Å². The lowest BCUT2D eigenvalue weighted by Gasteiger charge is -2.41. The second-order valence-electron chi connectivity index (χ2n) is 5.56. The summed E-state index contributed by atoms with van der Waals surface area (Å²) in [5, 5.41) is 13.7. The van der Waals surface area contributed by atoms with Crippen molar-refractivity contribution >= 4 is 5.91 Å². The zero-order chi connectivity index (χ0) is 13.9. The number of rotatable bonds is 4. The van der Waals surface area contributed by atoms with Gasteiger partial charge in [0.15, 0.2) is 0 Å². The van der Waals surface area contributed by atoms with Gasteiger partial charge in [0.25, 0.3) is 0 Å². The van der Waals surface area contributed by atoms with Crippen molar-refractivity contribution < 1.29 is 9.90 Å². The standard InChI is InChI=1S/C14H23N3O2/c1-3-14(11-18)6-4-8-16(10-14)13(19)9-17-12(2)5-7-15-17/h5,7,18H,3-4,6,8-11H2,1-2H3. The molecule has 5 heteroatoms. The lowest BCUT2D eigenvalue weighted by atomic mass is 9.78. The Labute approximate surface area is 114 Å². The molecule has 106 valence electrons. The number of aliphatic hydroxyl groups excluding tert-OH is 1. The molecule has 1 aliphatic heterocycles. The van der Waals surface area contributed by atoms with Crippen molar-refractivity contribution in [1.82, 2.24) is 14.7 Å². The summed E-state index contributed by atoms with van der Waals surface area (Å²) >= 11 is 0. The zero-order valence-corrected chi connectivity index (χ0v) is 11.8. The van der Waals surface area contributed by atoms with Crippen LogP contribution in [-0.2, 0) is 11.3 Å². The maximum atomic E-state index is 12.3. The maximum absolute atomic E-state index is 12.3. The van der Waals surface area contributed by atoms with E-state index in [2.05, 4.69) is 12.0 Å². The van der Waals surface area contributed by atoms with E-state index >= 15 is 0 Å². The van der Waals surface area contributed by atoms with Crippen LogP contribution in [0.5, 0.6) is 0 Å². The van der Waals surface area contributed by atoms with Crippen LogP contribution in [0.25, 0.3) is 0 Å². The van der Waals surface area contributed by atoms with Gasteiger partial charge in [-0.15, -0.1) is 0 Å². The molecule has 0 bridgehead atoms. The molecule has 1 atom stereocenters. The second-order valence-corrected chi connectivity index (χ2v) is 5.56. The lowest BCUT2D eigenvalue weighted by molar-refractivity contribution is -0.136. The summed E-state index contributed by atoms with van der Waals surface area (Å²) in [6.07, 6.45) is 4.60. The van der Waals surface area contributed by atoms with Gasteiger partial charge in [0.05, 0.1) is 6.61 Å². The number of hydrogen-bond donors (Lipinski definition) is 1. The van der Waals surface area contributed by atoms with Crippen LogP contribution in [0.4, 0.5) is 0 Å². The predicted octanol–water partition coefficient (Wildman–Crippen LogP) is 1.20. The number of nitrogens with zero attached hydrogens (tertiary/aromatic N) is 3. The third-order valence-corrected chi connectivity index (χ3v) is 4.31. The molecule has 1 fully saturated rings. The summed E-state index contributed by atoms with van der Waals surface area (Å²) in [7, 11) is 0. The van der Waals surface area contributed by atoms with Crippen molar-refractivity contribution in [2.75, 3.05) is 19.7 Å². The van der Waals surface area contributed by atoms with Crippen molar-refractivity contribution in [1.29, 1.82) is 0 Å². The van der Waals surface area contributed by atoms with Crippen LogP contribution < -0.4 is 0 Å². The van der Waals surface area contributed by atoms with E-state index in [9.17, 15) is 9.90 Å². The Kier molecular flexibility index (Phi) is 4.24. The number of carbonyl (C=O) groups is 1. The highest BCUT2D eigenvalue weighted by atomic mass is 16.3. The topological polar surface area (TPSA) is 58.4 Å². The molecular weight excluding hydrogens is 242 g/mol. The Bertz CT molecular complexity index is 438. The predicted molar refractivity (Wildman–Crippen MR) is 72.6 cm³/mol. The molecular formula is C14H23N3O2. The highest BCUT2D eigenvalue weighted by Gasteiger charge is 2.35. The van der Waals surface area contributed by atoms with E-state index in [1.165, 1.54) is 0 Å². The summed E-state index contributed by atoms with van der Waals surface area (Å²) in [4.78, 5) is 14.2. The molecule has 1 unspecified atom stereocenters. The Morgan fingerprint density at radius 2 is 2.37 bits per heavy atom. The van der Waals surface area contributed by atoms with Crippen molar-refractivity contribution in [3.05, 3.63) is 18.0 Å². The maximum Gasteiger partial charge on any atom is 0.244 e. The van der Waals surface area contributed by atoms with Crippen molar-refractivity contribution in [2.24, 2.45) is 5.41 Å². The number of amides is 1. The van der Waals surface area contributed by atoms with E-state index < -0.39 is 0 Å². The van der Waals surface area contributed by atoms with E-state index in [-0.39, 0.29) is 17.9 Å². The molecule has 1 N–H and O–H groups in total. The van der Waals surface area contributed by atoms with E-state index in [1.54, 1.807) is 10.9 Å². The lowest BCUT2D eigenvalue weighted by Crippen LogP contribution is -2.48. The van der Waals surface area contributed by atoms with Crippen LogP contribution in [0.3, 0.4) is 0 Å². The molecule has 0 aliphatic carbocycles. The summed E-state index contributed by atoms with van der Waals surface area (Å²) in [6.45, 7) is 5.95. The van der Waals surface area contributed by atoms with Gasteiger partial charge in [0.2, 0.25) is 5.91 Å². The molecule has 0 saturated carbocycles. The first-order chi connectivity index (χ1) is 9.10. The molecule has 1 aromatic heterocycles. The van der Waals surface area contributed by atoms with E-state index in [1.807, 2.05) is 17.9 Å². The zero-order valence-electron chi connectivity index (χ0n) is 11.8. The van der Waals surface area contributed by atoms with Gasteiger partial charge in [-0.05, 0) is 32.3 Å². The average Bonchev–Trinajstić information content (AvgIpc) is 2.84. The number of likely N-dealkylation sites (tertiary alicyclic amines) is 1. The minimum absolute atomic E-state index is 0.0952. The quantitative estimate of drug-likeness (QED) is 0.890. The van der Waals surface area contributed by atoms with E-state index in [4.69, 9.17) is 0 Å². The fourth-order valence-electron chi connectivity index (χ4n) is 2.74. The molecule has 1 aromatic rings. The van der Waals surface area contributed by atoms with Crippen molar-refractivity contribution in [3.8, 4) is 0 Å². The minimum atomic E-state index is -0.104. The summed E-state index contributed by atoms with van der Waals surface area (Å²) in [5.41, 5.74) is 0.891. The van der Waals surface area contributed by atoms with Gasteiger partial charge >= 0.3 is 0 Å². The summed E-state index contributed by atoms with van der Waals surface area (Å²) < 4.78 is 1.73. The minimum Gasteiger partial charge on any atom is -0.396 e. The van der Waals surface area contributed by atoms with Gasteiger partial charge < -0.3 is 10.0 Å². The summed E-state index contributed by atoms with van der Waals surface area (Å²) in [5.74, 6) is 0.0952. The number of piperidine rings is 1. The van der Waals surface area contributed by atoms with Crippen molar-refractivity contribution in [2.45, 2.75) is 39.7 Å². The Balaban J connectivity index is 2.01. The molecule has 2 heterocycles. The first kappa shape index (κ1) is 14.1. The first-order valence-electron chi connectivity index (χ1n) is 6.97. The molecule has 1 aliphatic rings. The molecule has 19 heavy (non-hydrogen) atoms. The highest BCUT2D eigenvalue weighted by molar-refractivity contribution is 5.76. The Morgan fingerprint density at radius 1 is 1.58 bits per heavy atom. The van der Waals surface area contributed by atoms with Gasteiger partial charge in [-0.3, -0.25) is 9.48 Å². The molecule has 1 saturated heterocycles. The van der Waals surface area contributed by atoms with Gasteiger partial charge in [-0.2, -0.15) is 5.10 Å². The molecule has 0 spiro atoms. The molecule has 1 amide bonds. The number of hydrogen-bond acceptors (Lipinski definition) is 3. The van der Waals surface area contributed by atoms with Crippen molar-refractivity contribution in [3.63, 3.8) is 0 Å². The number of carbonyl (C=O) groups excluding carboxylic acids is 1. The number of aromatic nitrogens is 2. The van der Waals surface area contributed by atoms with Crippen LogP contribution in [0.1, 0.15) is 31.9 Å². The largest absolute Gasteiger partial charge is 0.396 e.